The summed E-state index contributed by atoms with van der Waals surface area (Å²) in [4.78, 5) is 42.2. The average Bonchev–Trinajstić information content (AvgIpc) is 3.23. The van der Waals surface area contributed by atoms with Gasteiger partial charge in [-0.15, -0.1) is 5.92 Å². The molecule has 13 heteroatoms. The van der Waals surface area contributed by atoms with Crippen LogP contribution in [0.2, 0.25) is 0 Å². The molecule has 2 N–H and O–H groups in total. The van der Waals surface area contributed by atoms with E-state index in [0.717, 1.165) is 31.7 Å². The third kappa shape index (κ3) is 5.44. The number of piperazine rings is 1. The fourth-order valence-corrected chi connectivity index (χ4v) is 3.64. The van der Waals surface area contributed by atoms with E-state index in [2.05, 4.69) is 22.1 Å². The highest BCUT2D eigenvalue weighted by Gasteiger charge is 2.38. The van der Waals surface area contributed by atoms with Crippen LogP contribution in [0.4, 0.5) is 19.1 Å². The first-order valence-corrected chi connectivity index (χ1v) is 10.9. The summed E-state index contributed by atoms with van der Waals surface area (Å²) >= 11 is 0. The molecule has 0 amide bonds. The van der Waals surface area contributed by atoms with Crippen LogP contribution in [0, 0.1) is 18.8 Å². The first-order chi connectivity index (χ1) is 17.0. The topological polar surface area (TPSA) is 114 Å². The lowest BCUT2D eigenvalue weighted by atomic mass is 10.2. The van der Waals surface area contributed by atoms with Crippen LogP contribution in [0.15, 0.2) is 33.9 Å². The number of nitrogens with zero attached hydrogens (tertiary/aromatic N) is 5. The lowest BCUT2D eigenvalue weighted by Crippen LogP contribution is -2.44. The molecule has 0 atom stereocenters. The molecule has 0 unspecified atom stereocenters. The van der Waals surface area contributed by atoms with Gasteiger partial charge >= 0.3 is 17.8 Å². The minimum Gasteiger partial charge on any atom is -0.475 e. The Balaban J connectivity index is 0.000000454. The highest BCUT2D eigenvalue weighted by molar-refractivity contribution is 5.75. The minimum absolute atomic E-state index is 0.341. The number of benzene rings is 1. The van der Waals surface area contributed by atoms with E-state index in [0.29, 0.717) is 29.3 Å². The van der Waals surface area contributed by atoms with E-state index in [-0.39, 0.29) is 5.56 Å². The zero-order valence-electron chi connectivity index (χ0n) is 19.9. The number of aromatic nitrogens is 4. The fourth-order valence-electron chi connectivity index (χ4n) is 3.64. The lowest BCUT2D eigenvalue weighted by Gasteiger charge is -2.28. The predicted octanol–water partition coefficient (Wildman–Crippen LogP) is 1.26. The summed E-state index contributed by atoms with van der Waals surface area (Å²) in [6, 6.07) is 7.34. The number of anilines is 1. The summed E-state index contributed by atoms with van der Waals surface area (Å²) in [5.41, 5.74) is 1.59. The van der Waals surface area contributed by atoms with Crippen molar-refractivity contribution in [3.8, 4) is 17.5 Å². The molecule has 10 nitrogen and oxygen atoms in total. The molecule has 192 valence electrons. The van der Waals surface area contributed by atoms with Crippen molar-refractivity contribution in [2.45, 2.75) is 26.6 Å². The van der Waals surface area contributed by atoms with E-state index in [4.69, 9.17) is 14.9 Å². The maximum Gasteiger partial charge on any atom is 0.490 e. The maximum absolute atomic E-state index is 13.5. The molecule has 0 spiro atoms. The van der Waals surface area contributed by atoms with Gasteiger partial charge in [0.25, 0.3) is 5.56 Å². The number of hydrogen-bond donors (Lipinski definition) is 2. The van der Waals surface area contributed by atoms with Gasteiger partial charge in [0.05, 0.1) is 12.2 Å². The molecular weight excluding hydrogens is 481 g/mol. The van der Waals surface area contributed by atoms with Crippen LogP contribution in [0.3, 0.4) is 0 Å². The summed E-state index contributed by atoms with van der Waals surface area (Å²) in [6.07, 6.45) is -5.08. The van der Waals surface area contributed by atoms with E-state index < -0.39 is 17.8 Å². The van der Waals surface area contributed by atoms with Crippen molar-refractivity contribution in [2.24, 2.45) is 7.05 Å². The SMILES string of the molecule is CC#CCn1c(N2CCNCC2)nc2c1c(=O)n(-c1ccc(C)cc1)c(=O)n2C.O=C(O)C(F)(F)F. The minimum atomic E-state index is -5.08. The number of carbonyl (C=O) groups is 1. The molecule has 4 rings (SSSR count). The Bertz CT molecular complexity index is 1440. The van der Waals surface area contributed by atoms with Crippen LogP contribution in [-0.2, 0) is 18.4 Å². The van der Waals surface area contributed by atoms with Gasteiger partial charge in [-0.2, -0.15) is 18.2 Å². The molecule has 1 aliphatic rings. The molecule has 1 aliphatic heterocycles. The molecule has 36 heavy (non-hydrogen) atoms. The number of rotatable bonds is 3. The number of carboxylic acids is 1. The third-order valence-electron chi connectivity index (χ3n) is 5.48. The van der Waals surface area contributed by atoms with Crippen molar-refractivity contribution in [1.82, 2.24) is 24.0 Å². The number of halogens is 3. The predicted molar refractivity (Wildman–Crippen MR) is 128 cm³/mol. The van der Waals surface area contributed by atoms with E-state index in [1.807, 2.05) is 23.6 Å². The number of aliphatic carboxylic acids is 1. The van der Waals surface area contributed by atoms with Crippen molar-refractivity contribution in [1.29, 1.82) is 0 Å². The first-order valence-electron chi connectivity index (χ1n) is 10.9. The Labute approximate surface area is 203 Å². The van der Waals surface area contributed by atoms with Gasteiger partial charge in [0, 0.05) is 33.2 Å². The number of imidazole rings is 1. The molecule has 3 aromatic rings. The van der Waals surface area contributed by atoms with E-state index in [1.54, 1.807) is 26.1 Å². The Morgan fingerprint density at radius 3 is 2.28 bits per heavy atom. The summed E-state index contributed by atoms with van der Waals surface area (Å²) in [5.74, 6) is 3.86. The van der Waals surface area contributed by atoms with Gasteiger partial charge in [0.2, 0.25) is 5.95 Å². The molecule has 0 radical (unpaired) electrons. The number of aryl methyl sites for hydroxylation is 2. The van der Waals surface area contributed by atoms with Crippen molar-refractivity contribution in [3.05, 3.63) is 50.7 Å². The molecule has 1 aromatic carbocycles. The average molecular weight is 506 g/mol. The number of alkyl halides is 3. The van der Waals surface area contributed by atoms with E-state index >= 15 is 0 Å². The van der Waals surface area contributed by atoms with Gasteiger partial charge in [0.15, 0.2) is 11.2 Å². The molecule has 0 bridgehead atoms. The van der Waals surface area contributed by atoms with Gasteiger partial charge < -0.3 is 15.3 Å². The van der Waals surface area contributed by atoms with Crippen LogP contribution >= 0.6 is 0 Å². The zero-order valence-corrected chi connectivity index (χ0v) is 19.9. The third-order valence-corrected chi connectivity index (χ3v) is 5.48. The number of hydrogen-bond acceptors (Lipinski definition) is 6. The van der Waals surface area contributed by atoms with Gasteiger partial charge in [0.1, 0.15) is 0 Å². The van der Waals surface area contributed by atoms with Crippen molar-refractivity contribution in [2.75, 3.05) is 31.1 Å². The normalized spacial score (nSPS) is 13.6. The van der Waals surface area contributed by atoms with Crippen molar-refractivity contribution >= 4 is 23.1 Å². The van der Waals surface area contributed by atoms with Crippen LogP contribution in [0.25, 0.3) is 16.9 Å². The molecule has 1 saturated heterocycles. The zero-order chi connectivity index (χ0) is 26.6. The number of fused-ring (bicyclic) bond motifs is 1. The Morgan fingerprint density at radius 2 is 1.75 bits per heavy atom. The monoisotopic (exact) mass is 506 g/mol. The van der Waals surface area contributed by atoms with Crippen LogP contribution in [0.1, 0.15) is 12.5 Å². The highest BCUT2D eigenvalue weighted by atomic mass is 19.4. The molecule has 2 aromatic heterocycles. The second-order valence-electron chi connectivity index (χ2n) is 7.95. The Hall–Kier alpha value is -4.05. The van der Waals surface area contributed by atoms with E-state index in [9.17, 15) is 22.8 Å². The molecule has 0 saturated carbocycles. The second-order valence-corrected chi connectivity index (χ2v) is 7.95. The molecule has 3 heterocycles. The second kappa shape index (κ2) is 10.7. The smallest absolute Gasteiger partial charge is 0.475 e. The quantitative estimate of drug-likeness (QED) is 0.514. The molecule has 1 fully saturated rings. The van der Waals surface area contributed by atoms with Gasteiger partial charge in [-0.3, -0.25) is 13.9 Å². The summed E-state index contributed by atoms with van der Waals surface area (Å²) in [6.45, 7) is 7.32. The Kier molecular flexibility index (Phi) is 7.89. The highest BCUT2D eigenvalue weighted by Crippen LogP contribution is 2.20. The number of nitrogens with one attached hydrogen (secondary N) is 1. The summed E-state index contributed by atoms with van der Waals surface area (Å²) < 4.78 is 36.2. The van der Waals surface area contributed by atoms with E-state index in [1.165, 1.54) is 9.13 Å². The van der Waals surface area contributed by atoms with Gasteiger partial charge in [-0.05, 0) is 26.0 Å². The van der Waals surface area contributed by atoms with Gasteiger partial charge in [-0.25, -0.2) is 14.2 Å². The summed E-state index contributed by atoms with van der Waals surface area (Å²) in [7, 11) is 1.65. The molecular formula is C23H25F3N6O4. The summed E-state index contributed by atoms with van der Waals surface area (Å²) in [5, 5.41) is 10.4. The Morgan fingerprint density at radius 1 is 1.17 bits per heavy atom. The fraction of sp³-hybridized carbons (Fsp3) is 0.391. The van der Waals surface area contributed by atoms with Gasteiger partial charge in [-0.1, -0.05) is 23.6 Å². The van der Waals surface area contributed by atoms with Crippen LogP contribution in [0.5, 0.6) is 0 Å². The number of carboxylic acid groups (broad SMARTS) is 1. The lowest BCUT2D eigenvalue weighted by molar-refractivity contribution is -0.192. The standard InChI is InChI=1S/C21H24N6O2.C2HF3O2/c1-4-5-12-26-17-18(23-20(26)25-13-10-22-11-14-25)24(3)21(29)27(19(17)28)16-8-6-15(2)7-9-16;3-2(4,5)1(6)7/h6-9,22H,10-14H2,1-3H3;(H,6,7). The van der Waals surface area contributed by atoms with Crippen LogP contribution in [-0.4, -0.2) is 62.1 Å². The largest absolute Gasteiger partial charge is 0.490 e. The first kappa shape index (κ1) is 26.6. The van der Waals surface area contributed by atoms with Crippen LogP contribution < -0.4 is 21.5 Å². The van der Waals surface area contributed by atoms with Crippen molar-refractivity contribution in [3.63, 3.8) is 0 Å². The maximum atomic E-state index is 13.5. The molecule has 0 aliphatic carbocycles. The van der Waals surface area contributed by atoms with Crippen molar-refractivity contribution < 1.29 is 23.1 Å².